The van der Waals surface area contributed by atoms with Gasteiger partial charge in [0.05, 0.1) is 18.7 Å². The van der Waals surface area contributed by atoms with Gasteiger partial charge >= 0.3 is 10.2 Å². The Morgan fingerprint density at radius 2 is 1.78 bits per heavy atom. The van der Waals surface area contributed by atoms with Gasteiger partial charge in [-0.3, -0.25) is 4.98 Å². The molecule has 1 saturated heterocycles. The highest BCUT2D eigenvalue weighted by molar-refractivity contribution is 7.87. The lowest BCUT2D eigenvalue weighted by molar-refractivity contribution is 0.122. The highest BCUT2D eigenvalue weighted by Crippen LogP contribution is 2.34. The molecule has 190 valence electrons. The lowest BCUT2D eigenvalue weighted by Crippen LogP contribution is -2.37. The maximum absolute atomic E-state index is 12.9. The number of hydrogen-bond donors (Lipinski definition) is 1. The van der Waals surface area contributed by atoms with Gasteiger partial charge in [-0.25, -0.2) is 4.98 Å². The molecule has 5 aromatic rings. The molecule has 1 fully saturated rings. The van der Waals surface area contributed by atoms with E-state index >= 15 is 0 Å². The zero-order valence-electron chi connectivity index (χ0n) is 20.2. The molecule has 13 heteroatoms. The molecule has 37 heavy (non-hydrogen) atoms. The number of para-hydroxylation sites is 1. The van der Waals surface area contributed by atoms with Crippen LogP contribution in [0.4, 0.5) is 17.6 Å². The number of hydrogen-bond acceptors (Lipinski definition) is 10. The van der Waals surface area contributed by atoms with Gasteiger partial charge < -0.3 is 19.4 Å². The Morgan fingerprint density at radius 3 is 2.54 bits per heavy atom. The number of furan rings is 1. The second-order valence-corrected chi connectivity index (χ2v) is 10.6. The lowest BCUT2D eigenvalue weighted by Gasteiger charge is -2.27. The highest BCUT2D eigenvalue weighted by atomic mass is 32.2. The van der Waals surface area contributed by atoms with Crippen LogP contribution in [0.15, 0.2) is 59.3 Å². The summed E-state index contributed by atoms with van der Waals surface area (Å²) in [5.74, 6) is 1.87. The van der Waals surface area contributed by atoms with Gasteiger partial charge in [0.2, 0.25) is 5.95 Å². The molecule has 1 N–H and O–H groups in total. The summed E-state index contributed by atoms with van der Waals surface area (Å²) in [7, 11) is -0.922. The fourth-order valence-electron chi connectivity index (χ4n) is 4.19. The van der Waals surface area contributed by atoms with Crippen LogP contribution in [0, 0.1) is 0 Å². The molecule has 0 aliphatic carbocycles. The number of aromatic nitrogens is 5. The monoisotopic (exact) mass is 520 g/mol. The van der Waals surface area contributed by atoms with Crippen LogP contribution in [0.2, 0.25) is 0 Å². The van der Waals surface area contributed by atoms with Crippen LogP contribution in [0.25, 0.3) is 33.3 Å². The van der Waals surface area contributed by atoms with Gasteiger partial charge in [0.25, 0.3) is 0 Å². The van der Waals surface area contributed by atoms with Crippen molar-refractivity contribution >= 4 is 49.8 Å². The van der Waals surface area contributed by atoms with E-state index in [1.165, 1.54) is 14.1 Å². The molecule has 4 aromatic heterocycles. The zero-order chi connectivity index (χ0) is 25.6. The summed E-state index contributed by atoms with van der Waals surface area (Å²) in [4.78, 5) is 15.6. The first-order valence-corrected chi connectivity index (χ1v) is 13.0. The molecule has 0 radical (unpaired) electrons. The van der Waals surface area contributed by atoms with Gasteiger partial charge in [-0.15, -0.1) is 9.19 Å². The summed E-state index contributed by atoms with van der Waals surface area (Å²) in [6, 6.07) is 12.7. The largest absolute Gasteiger partial charge is 0.450 e. The molecule has 12 nitrogen and oxygen atoms in total. The second kappa shape index (κ2) is 9.10. The minimum Gasteiger partial charge on any atom is -0.450 e. The number of benzene rings is 1. The van der Waals surface area contributed by atoms with Crippen LogP contribution in [-0.2, 0) is 14.9 Å². The maximum atomic E-state index is 12.9. The SMILES string of the molecule is CN(C)S(=O)(=O)n1nc(Nc2nc(N3CCOCC3)c3oc(-c4ccncc4)cc3n2)c2ccccc21. The third-order valence-corrected chi connectivity index (χ3v) is 7.73. The number of nitrogens with one attached hydrogen (secondary N) is 1. The van der Waals surface area contributed by atoms with Crippen LogP contribution in [0.3, 0.4) is 0 Å². The van der Waals surface area contributed by atoms with Crippen molar-refractivity contribution in [3.05, 3.63) is 54.9 Å². The van der Waals surface area contributed by atoms with Gasteiger partial charge in [0, 0.05) is 56.6 Å². The Balaban J connectivity index is 1.48. The molecular weight excluding hydrogens is 496 g/mol. The van der Waals surface area contributed by atoms with Gasteiger partial charge in [-0.2, -0.15) is 17.7 Å². The Labute approximate surface area is 212 Å². The molecule has 0 unspecified atom stereocenters. The summed E-state index contributed by atoms with van der Waals surface area (Å²) in [6.07, 6.45) is 3.40. The summed E-state index contributed by atoms with van der Waals surface area (Å²) >= 11 is 0. The molecule has 6 rings (SSSR count). The zero-order valence-corrected chi connectivity index (χ0v) is 21.0. The fourth-order valence-corrected chi connectivity index (χ4v) is 5.09. The molecule has 1 aliphatic heterocycles. The summed E-state index contributed by atoms with van der Waals surface area (Å²) in [5, 5.41) is 8.16. The normalized spacial score (nSPS) is 14.6. The third-order valence-electron chi connectivity index (χ3n) is 6.10. The van der Waals surface area contributed by atoms with Gasteiger partial charge in [0.15, 0.2) is 17.2 Å². The summed E-state index contributed by atoms with van der Waals surface area (Å²) in [5.41, 5.74) is 2.48. The van der Waals surface area contributed by atoms with E-state index in [1.54, 1.807) is 30.6 Å². The fraction of sp³-hybridized carbons (Fsp3) is 0.250. The number of ether oxygens (including phenoxy) is 1. The summed E-state index contributed by atoms with van der Waals surface area (Å²) in [6.45, 7) is 2.44. The van der Waals surface area contributed by atoms with Crippen LogP contribution in [0.1, 0.15) is 0 Å². The van der Waals surface area contributed by atoms with E-state index in [-0.39, 0.29) is 5.95 Å². The standard InChI is InChI=1S/C24H24N8O4S/c1-30(2)37(33,34)32-19-6-4-3-5-17(19)22(29-32)27-24-26-18-15-20(16-7-9-25-10-8-16)36-21(18)23(28-24)31-11-13-35-14-12-31/h3-10,15H,11-14H2,1-2H3,(H,26,27,28,29). The van der Waals surface area contributed by atoms with Gasteiger partial charge in [-0.05, 0) is 24.3 Å². The van der Waals surface area contributed by atoms with E-state index in [4.69, 9.17) is 14.1 Å². The number of rotatable bonds is 6. The Bertz CT molecular complexity index is 1690. The first kappa shape index (κ1) is 23.3. The number of anilines is 3. The van der Waals surface area contributed by atoms with Crippen LogP contribution in [0.5, 0.6) is 0 Å². The smallest absolute Gasteiger partial charge is 0.323 e. The van der Waals surface area contributed by atoms with E-state index < -0.39 is 10.2 Å². The number of pyridine rings is 1. The molecule has 0 saturated carbocycles. The molecular formula is C24H24N8O4S. The first-order chi connectivity index (χ1) is 17.9. The molecule has 1 aromatic carbocycles. The Kier molecular flexibility index (Phi) is 5.74. The average molecular weight is 521 g/mol. The quantitative estimate of drug-likeness (QED) is 0.356. The van der Waals surface area contributed by atoms with E-state index in [1.807, 2.05) is 24.3 Å². The lowest BCUT2D eigenvalue weighted by atomic mass is 10.2. The topological polar surface area (TPSA) is 132 Å². The predicted octanol–water partition coefficient (Wildman–Crippen LogP) is 2.87. The Hall–Kier alpha value is -4.07. The van der Waals surface area contributed by atoms with E-state index in [9.17, 15) is 8.42 Å². The van der Waals surface area contributed by atoms with Gasteiger partial charge in [0.1, 0.15) is 11.3 Å². The average Bonchev–Trinajstić information content (AvgIpc) is 3.52. The van der Waals surface area contributed by atoms with Crippen LogP contribution < -0.4 is 10.2 Å². The number of fused-ring (bicyclic) bond motifs is 2. The maximum Gasteiger partial charge on any atom is 0.323 e. The van der Waals surface area contributed by atoms with E-state index in [0.29, 0.717) is 65.7 Å². The molecule has 5 heterocycles. The minimum atomic E-state index is -3.85. The van der Waals surface area contributed by atoms with Gasteiger partial charge in [-0.1, -0.05) is 12.1 Å². The molecule has 1 aliphatic rings. The van der Waals surface area contributed by atoms with Crippen LogP contribution in [-0.4, -0.2) is 77.3 Å². The number of morpholine rings is 1. The molecule has 0 amide bonds. The van der Waals surface area contributed by atoms with Crippen molar-refractivity contribution in [1.82, 2.24) is 28.4 Å². The Morgan fingerprint density at radius 1 is 1.03 bits per heavy atom. The number of nitrogens with zero attached hydrogens (tertiary/aromatic N) is 7. The van der Waals surface area contributed by atoms with Crippen molar-refractivity contribution < 1.29 is 17.6 Å². The van der Waals surface area contributed by atoms with Crippen molar-refractivity contribution in [3.8, 4) is 11.3 Å². The molecule has 0 atom stereocenters. The summed E-state index contributed by atoms with van der Waals surface area (Å²) < 4.78 is 39.7. The van der Waals surface area contributed by atoms with E-state index in [2.05, 4.69) is 25.3 Å². The third kappa shape index (κ3) is 4.16. The predicted molar refractivity (Wildman–Crippen MR) is 139 cm³/mol. The molecule has 0 bridgehead atoms. The van der Waals surface area contributed by atoms with Crippen molar-refractivity contribution in [2.45, 2.75) is 0 Å². The van der Waals surface area contributed by atoms with Crippen LogP contribution >= 0.6 is 0 Å². The van der Waals surface area contributed by atoms with Crippen molar-refractivity contribution in [2.75, 3.05) is 50.6 Å². The van der Waals surface area contributed by atoms with Crippen molar-refractivity contribution in [3.63, 3.8) is 0 Å². The minimum absolute atomic E-state index is 0.272. The van der Waals surface area contributed by atoms with Crippen molar-refractivity contribution in [2.24, 2.45) is 0 Å². The van der Waals surface area contributed by atoms with Crippen molar-refractivity contribution in [1.29, 1.82) is 0 Å². The first-order valence-electron chi connectivity index (χ1n) is 11.6. The molecule has 0 spiro atoms. The second-order valence-electron chi connectivity index (χ2n) is 8.66. The highest BCUT2D eigenvalue weighted by Gasteiger charge is 2.25. The van der Waals surface area contributed by atoms with E-state index in [0.717, 1.165) is 14.0 Å².